The van der Waals surface area contributed by atoms with Gasteiger partial charge in [-0.05, 0) is 24.3 Å². The molecule has 2 aromatic rings. The van der Waals surface area contributed by atoms with Crippen molar-refractivity contribution in [1.82, 2.24) is 9.29 Å². The van der Waals surface area contributed by atoms with Gasteiger partial charge in [-0.3, -0.25) is 0 Å². The Morgan fingerprint density at radius 2 is 1.88 bits per heavy atom. The van der Waals surface area contributed by atoms with Crippen molar-refractivity contribution in [3.63, 3.8) is 0 Å². The zero-order chi connectivity index (χ0) is 17.5. The van der Waals surface area contributed by atoms with E-state index in [0.717, 1.165) is 5.75 Å². The molecule has 1 aliphatic heterocycles. The zero-order valence-electron chi connectivity index (χ0n) is 13.8. The lowest BCUT2D eigenvalue weighted by Gasteiger charge is -2.25. The maximum atomic E-state index is 12.5. The Bertz CT molecular complexity index is 760. The minimum Gasteiger partial charge on any atom is -0.492 e. The lowest BCUT2D eigenvalue weighted by atomic mass is 10.3. The number of rotatable bonds is 7. The maximum absolute atomic E-state index is 12.5. The van der Waals surface area contributed by atoms with Crippen LogP contribution in [0.4, 0.5) is 5.82 Å². The molecule has 8 heteroatoms. The Hall–Kier alpha value is -2.16. The molecule has 1 N–H and O–H groups in total. The molecule has 0 unspecified atom stereocenters. The first-order chi connectivity index (χ1) is 12.2. The number of sulfonamides is 1. The summed E-state index contributed by atoms with van der Waals surface area (Å²) < 4.78 is 37.2. The first-order valence-electron chi connectivity index (χ1n) is 8.12. The molecule has 0 radical (unpaired) electrons. The van der Waals surface area contributed by atoms with Crippen molar-refractivity contribution >= 4 is 15.8 Å². The summed E-state index contributed by atoms with van der Waals surface area (Å²) in [6.45, 7) is 2.65. The molecule has 0 aliphatic carbocycles. The summed E-state index contributed by atoms with van der Waals surface area (Å²) in [5.74, 6) is 1.42. The molecule has 1 aromatic carbocycles. The van der Waals surface area contributed by atoms with Gasteiger partial charge >= 0.3 is 0 Å². The predicted octanol–water partition coefficient (Wildman–Crippen LogP) is 1.59. The van der Waals surface area contributed by atoms with E-state index < -0.39 is 10.0 Å². The van der Waals surface area contributed by atoms with Gasteiger partial charge in [0, 0.05) is 19.3 Å². The average Bonchev–Trinajstić information content (AvgIpc) is 2.67. The second kappa shape index (κ2) is 8.28. The summed E-state index contributed by atoms with van der Waals surface area (Å²) in [7, 11) is -3.50. The number of nitrogens with zero attached hydrogens (tertiary/aromatic N) is 2. The van der Waals surface area contributed by atoms with E-state index in [1.54, 1.807) is 12.1 Å². The molecule has 1 aromatic heterocycles. The lowest BCUT2D eigenvalue weighted by molar-refractivity contribution is 0.0730. The van der Waals surface area contributed by atoms with Gasteiger partial charge in [0.25, 0.3) is 0 Å². The monoisotopic (exact) mass is 363 g/mol. The fraction of sp³-hybridized carbons (Fsp3) is 0.353. The van der Waals surface area contributed by atoms with Gasteiger partial charge in [0.05, 0.1) is 19.8 Å². The lowest BCUT2D eigenvalue weighted by Crippen LogP contribution is -2.40. The van der Waals surface area contributed by atoms with E-state index in [1.807, 2.05) is 30.3 Å². The van der Waals surface area contributed by atoms with Gasteiger partial charge in [-0.2, -0.15) is 4.31 Å². The third-order valence-corrected chi connectivity index (χ3v) is 5.65. The number of pyridine rings is 1. The number of nitrogens with one attached hydrogen (secondary N) is 1. The number of aromatic nitrogens is 1. The van der Waals surface area contributed by atoms with Crippen molar-refractivity contribution in [3.05, 3.63) is 48.7 Å². The molecule has 7 nitrogen and oxygen atoms in total. The highest BCUT2D eigenvalue weighted by molar-refractivity contribution is 7.89. The van der Waals surface area contributed by atoms with Crippen LogP contribution in [0, 0.1) is 0 Å². The van der Waals surface area contributed by atoms with E-state index in [9.17, 15) is 8.42 Å². The van der Waals surface area contributed by atoms with Crippen molar-refractivity contribution in [2.45, 2.75) is 4.90 Å². The van der Waals surface area contributed by atoms with Gasteiger partial charge in [-0.1, -0.05) is 18.2 Å². The van der Waals surface area contributed by atoms with Crippen molar-refractivity contribution in [2.24, 2.45) is 0 Å². The van der Waals surface area contributed by atoms with Gasteiger partial charge in [0.15, 0.2) is 0 Å². The molecule has 0 atom stereocenters. The number of hydrogen-bond donors (Lipinski definition) is 1. The third kappa shape index (κ3) is 4.68. The Balaban J connectivity index is 1.51. The predicted molar refractivity (Wildman–Crippen MR) is 94.2 cm³/mol. The molecule has 0 amide bonds. The van der Waals surface area contributed by atoms with E-state index in [1.165, 1.54) is 10.5 Å². The molecular weight excluding hydrogens is 342 g/mol. The molecule has 25 heavy (non-hydrogen) atoms. The first-order valence-corrected chi connectivity index (χ1v) is 9.56. The molecule has 1 saturated heterocycles. The molecule has 2 heterocycles. The molecule has 3 rings (SSSR count). The van der Waals surface area contributed by atoms with Gasteiger partial charge in [0.1, 0.15) is 23.1 Å². The van der Waals surface area contributed by atoms with Crippen LogP contribution in [0.15, 0.2) is 53.6 Å². The zero-order valence-corrected chi connectivity index (χ0v) is 14.6. The van der Waals surface area contributed by atoms with Crippen LogP contribution >= 0.6 is 0 Å². The van der Waals surface area contributed by atoms with Crippen molar-refractivity contribution in [3.8, 4) is 5.75 Å². The Morgan fingerprint density at radius 3 is 2.56 bits per heavy atom. The minimum atomic E-state index is -3.50. The highest BCUT2D eigenvalue weighted by atomic mass is 32.2. The number of hydrogen-bond acceptors (Lipinski definition) is 6. The third-order valence-electron chi connectivity index (χ3n) is 3.76. The van der Waals surface area contributed by atoms with Crippen LogP contribution in [-0.2, 0) is 14.8 Å². The highest BCUT2D eigenvalue weighted by Gasteiger charge is 2.26. The van der Waals surface area contributed by atoms with Gasteiger partial charge in [-0.25, -0.2) is 13.4 Å². The van der Waals surface area contributed by atoms with Gasteiger partial charge in [-0.15, -0.1) is 0 Å². The van der Waals surface area contributed by atoms with E-state index in [2.05, 4.69) is 10.3 Å². The van der Waals surface area contributed by atoms with Crippen LogP contribution in [0.5, 0.6) is 5.75 Å². The van der Waals surface area contributed by atoms with E-state index >= 15 is 0 Å². The summed E-state index contributed by atoms with van der Waals surface area (Å²) in [5, 5.41) is 3.11. The number of benzene rings is 1. The topological polar surface area (TPSA) is 80.8 Å². The molecule has 0 spiro atoms. The van der Waals surface area contributed by atoms with Gasteiger partial charge in [0.2, 0.25) is 10.0 Å². The average molecular weight is 363 g/mol. The van der Waals surface area contributed by atoms with E-state index in [4.69, 9.17) is 9.47 Å². The quantitative estimate of drug-likeness (QED) is 0.753. The standard InChI is InChI=1S/C17H21N3O4S/c21-25(22,20-9-12-23-13-10-20)16-6-7-17(19-14-16)18-8-11-24-15-4-2-1-3-5-15/h1-7,14H,8-13H2,(H,18,19). The van der Waals surface area contributed by atoms with E-state index in [0.29, 0.717) is 45.3 Å². The minimum absolute atomic E-state index is 0.195. The summed E-state index contributed by atoms with van der Waals surface area (Å²) in [5.41, 5.74) is 0. The van der Waals surface area contributed by atoms with E-state index in [-0.39, 0.29) is 4.90 Å². The normalized spacial score (nSPS) is 15.7. The second-order valence-corrected chi connectivity index (χ2v) is 7.42. The Morgan fingerprint density at radius 1 is 1.12 bits per heavy atom. The molecule has 0 bridgehead atoms. The van der Waals surface area contributed by atoms with Crippen LogP contribution in [0.1, 0.15) is 0 Å². The van der Waals surface area contributed by atoms with Crippen LogP contribution in [0.2, 0.25) is 0 Å². The number of ether oxygens (including phenoxy) is 2. The van der Waals surface area contributed by atoms with Crippen LogP contribution in [-0.4, -0.2) is 57.2 Å². The Kier molecular flexibility index (Phi) is 5.85. The number of para-hydroxylation sites is 1. The van der Waals surface area contributed by atoms with Crippen molar-refractivity contribution in [1.29, 1.82) is 0 Å². The van der Waals surface area contributed by atoms with Crippen molar-refractivity contribution < 1.29 is 17.9 Å². The number of morpholine rings is 1. The smallest absolute Gasteiger partial charge is 0.244 e. The van der Waals surface area contributed by atoms with Crippen LogP contribution < -0.4 is 10.1 Å². The SMILES string of the molecule is O=S(=O)(c1ccc(NCCOc2ccccc2)nc1)N1CCOCC1. The maximum Gasteiger partial charge on any atom is 0.244 e. The molecule has 134 valence electrons. The first kappa shape index (κ1) is 17.7. The molecule has 1 fully saturated rings. The van der Waals surface area contributed by atoms with Crippen molar-refractivity contribution in [2.75, 3.05) is 44.8 Å². The molecular formula is C17H21N3O4S. The summed E-state index contributed by atoms with van der Waals surface area (Å²) in [6.07, 6.45) is 1.38. The highest BCUT2D eigenvalue weighted by Crippen LogP contribution is 2.17. The summed E-state index contributed by atoms with van der Waals surface area (Å²) in [4.78, 5) is 4.38. The molecule has 0 saturated carbocycles. The van der Waals surface area contributed by atoms with Crippen LogP contribution in [0.25, 0.3) is 0 Å². The summed E-state index contributed by atoms with van der Waals surface area (Å²) >= 11 is 0. The van der Waals surface area contributed by atoms with Crippen LogP contribution in [0.3, 0.4) is 0 Å². The fourth-order valence-corrected chi connectivity index (χ4v) is 3.79. The molecule has 1 aliphatic rings. The summed E-state index contributed by atoms with van der Waals surface area (Å²) in [6, 6.07) is 12.8. The second-order valence-electron chi connectivity index (χ2n) is 5.48. The fourth-order valence-electron chi connectivity index (χ4n) is 2.44. The number of anilines is 1. The Labute approximate surface area is 147 Å². The largest absolute Gasteiger partial charge is 0.492 e. The van der Waals surface area contributed by atoms with Gasteiger partial charge < -0.3 is 14.8 Å².